The normalized spacial score (nSPS) is 25.4. The van der Waals surface area contributed by atoms with Crippen molar-refractivity contribution in [2.45, 2.75) is 56.9 Å². The second kappa shape index (κ2) is 6.73. The molecule has 20 heavy (non-hydrogen) atoms. The smallest absolute Gasteiger partial charge is 0.216 e. The Morgan fingerprint density at radius 2 is 1.55 bits per heavy atom. The first kappa shape index (κ1) is 16.2. The lowest BCUT2D eigenvalue weighted by Gasteiger charge is -2.41. The summed E-state index contributed by atoms with van der Waals surface area (Å²) in [6.07, 6.45) is 4.53. The van der Waals surface area contributed by atoms with Crippen LogP contribution < -0.4 is 0 Å². The van der Waals surface area contributed by atoms with Gasteiger partial charge >= 0.3 is 0 Å². The molecule has 0 saturated carbocycles. The molecule has 0 aromatic heterocycles. The van der Waals surface area contributed by atoms with E-state index in [1.807, 2.05) is 0 Å². The van der Waals surface area contributed by atoms with Crippen LogP contribution in [0.2, 0.25) is 0 Å². The highest BCUT2D eigenvalue weighted by Crippen LogP contribution is 2.24. The number of methoxy groups -OCH3 is 1. The highest BCUT2D eigenvalue weighted by Gasteiger charge is 2.33. The van der Waals surface area contributed by atoms with Crippen molar-refractivity contribution in [1.82, 2.24) is 9.21 Å². The Morgan fingerprint density at radius 3 is 2.00 bits per heavy atom. The van der Waals surface area contributed by atoms with Crippen LogP contribution in [0.25, 0.3) is 0 Å². The summed E-state index contributed by atoms with van der Waals surface area (Å²) in [5, 5.41) is -0.309. The summed E-state index contributed by atoms with van der Waals surface area (Å²) >= 11 is 0. The number of rotatable bonds is 4. The van der Waals surface area contributed by atoms with Gasteiger partial charge in [0, 0.05) is 39.3 Å². The van der Waals surface area contributed by atoms with E-state index in [2.05, 4.69) is 4.90 Å². The molecular formula is C14H28N2O3S. The number of ether oxygens (including phenoxy) is 1. The van der Waals surface area contributed by atoms with Crippen LogP contribution in [0.3, 0.4) is 0 Å². The maximum Gasteiger partial charge on any atom is 0.216 e. The average molecular weight is 304 g/mol. The van der Waals surface area contributed by atoms with Crippen molar-refractivity contribution in [2.24, 2.45) is 0 Å². The second-order valence-corrected chi connectivity index (χ2v) is 8.68. The molecule has 2 aliphatic rings. The van der Waals surface area contributed by atoms with Crippen LogP contribution in [0, 0.1) is 0 Å². The monoisotopic (exact) mass is 304 g/mol. The summed E-state index contributed by atoms with van der Waals surface area (Å²) in [5.74, 6) is 0. The number of hydrogen-bond acceptors (Lipinski definition) is 4. The van der Waals surface area contributed by atoms with Gasteiger partial charge in [-0.15, -0.1) is 0 Å². The molecule has 0 aromatic carbocycles. The van der Waals surface area contributed by atoms with E-state index in [4.69, 9.17) is 4.74 Å². The fourth-order valence-corrected chi connectivity index (χ4v) is 4.55. The molecule has 5 nitrogen and oxygen atoms in total. The number of sulfonamides is 1. The third-order valence-corrected chi connectivity index (χ3v) is 6.98. The molecule has 0 aromatic rings. The Balaban J connectivity index is 1.83. The van der Waals surface area contributed by atoms with Crippen LogP contribution in [-0.4, -0.2) is 68.3 Å². The highest BCUT2D eigenvalue weighted by molar-refractivity contribution is 7.89. The van der Waals surface area contributed by atoms with Crippen molar-refractivity contribution >= 4 is 10.0 Å². The van der Waals surface area contributed by atoms with Gasteiger partial charge < -0.3 is 9.64 Å². The van der Waals surface area contributed by atoms with Crippen molar-refractivity contribution in [1.29, 1.82) is 0 Å². The number of hydrogen-bond donors (Lipinski definition) is 0. The molecule has 2 aliphatic heterocycles. The zero-order valence-corrected chi connectivity index (χ0v) is 13.7. The molecule has 6 heteroatoms. The minimum Gasteiger partial charge on any atom is -0.381 e. The summed E-state index contributed by atoms with van der Waals surface area (Å²) in [5.41, 5.74) is 0. The molecule has 0 radical (unpaired) electrons. The second-order valence-electron chi connectivity index (χ2n) is 6.19. The Hall–Kier alpha value is -0.170. The SMILES string of the molecule is COC1CCN(C2CCN(S(=O)(=O)C(C)C)CC2)CC1. The first-order chi connectivity index (χ1) is 9.45. The van der Waals surface area contributed by atoms with E-state index in [1.165, 1.54) is 0 Å². The molecule has 2 rings (SSSR count). The summed E-state index contributed by atoms with van der Waals surface area (Å²) < 4.78 is 31.4. The zero-order chi connectivity index (χ0) is 14.8. The number of piperidine rings is 2. The summed E-state index contributed by atoms with van der Waals surface area (Å²) in [6.45, 7) is 7.04. The maximum atomic E-state index is 12.1. The standard InChI is InChI=1S/C14H28N2O3S/c1-12(2)20(17,18)16-10-4-13(5-11-16)15-8-6-14(19-3)7-9-15/h12-14H,4-11H2,1-3H3. The fraction of sp³-hybridized carbons (Fsp3) is 1.00. The molecular weight excluding hydrogens is 276 g/mol. The lowest BCUT2D eigenvalue weighted by molar-refractivity contribution is 0.0190. The van der Waals surface area contributed by atoms with Crippen molar-refractivity contribution in [3.05, 3.63) is 0 Å². The molecule has 2 heterocycles. The third kappa shape index (κ3) is 3.53. The van der Waals surface area contributed by atoms with Gasteiger partial charge in [-0.3, -0.25) is 0 Å². The van der Waals surface area contributed by atoms with Gasteiger partial charge in [-0.2, -0.15) is 0 Å². The molecule has 0 amide bonds. The van der Waals surface area contributed by atoms with Crippen molar-refractivity contribution < 1.29 is 13.2 Å². The van der Waals surface area contributed by atoms with Gasteiger partial charge in [0.15, 0.2) is 0 Å². The lowest BCUT2D eigenvalue weighted by atomic mass is 10.00. The largest absolute Gasteiger partial charge is 0.381 e. The predicted octanol–water partition coefficient (Wildman–Crippen LogP) is 1.30. The number of nitrogens with zero attached hydrogens (tertiary/aromatic N) is 2. The van der Waals surface area contributed by atoms with Crippen LogP contribution in [0.4, 0.5) is 0 Å². The highest BCUT2D eigenvalue weighted by atomic mass is 32.2. The quantitative estimate of drug-likeness (QED) is 0.785. The van der Waals surface area contributed by atoms with E-state index < -0.39 is 10.0 Å². The van der Waals surface area contributed by atoms with E-state index in [9.17, 15) is 8.42 Å². The van der Waals surface area contributed by atoms with Crippen LogP contribution in [0.1, 0.15) is 39.5 Å². The van der Waals surface area contributed by atoms with Gasteiger partial charge in [-0.05, 0) is 39.5 Å². The van der Waals surface area contributed by atoms with Gasteiger partial charge in [0.05, 0.1) is 11.4 Å². The maximum absolute atomic E-state index is 12.1. The van der Waals surface area contributed by atoms with Crippen LogP contribution in [-0.2, 0) is 14.8 Å². The fourth-order valence-electron chi connectivity index (χ4n) is 3.24. The Labute approximate surface area is 123 Å². The van der Waals surface area contributed by atoms with Gasteiger partial charge in [0.25, 0.3) is 0 Å². The number of likely N-dealkylation sites (tertiary alicyclic amines) is 1. The topological polar surface area (TPSA) is 49.9 Å². The lowest BCUT2D eigenvalue weighted by Crippen LogP contribution is -2.50. The van der Waals surface area contributed by atoms with Crippen molar-refractivity contribution in [2.75, 3.05) is 33.3 Å². The van der Waals surface area contributed by atoms with Gasteiger partial charge in [-0.1, -0.05) is 0 Å². The molecule has 2 fully saturated rings. The van der Waals surface area contributed by atoms with Crippen LogP contribution in [0.5, 0.6) is 0 Å². The summed E-state index contributed by atoms with van der Waals surface area (Å²) in [7, 11) is -1.28. The van der Waals surface area contributed by atoms with E-state index >= 15 is 0 Å². The molecule has 2 saturated heterocycles. The molecule has 0 spiro atoms. The predicted molar refractivity (Wildman–Crippen MR) is 80.3 cm³/mol. The van der Waals surface area contributed by atoms with Gasteiger partial charge in [-0.25, -0.2) is 12.7 Å². The first-order valence-corrected chi connectivity index (χ1v) is 9.21. The molecule has 0 unspecified atom stereocenters. The summed E-state index contributed by atoms with van der Waals surface area (Å²) in [4.78, 5) is 2.52. The molecule has 0 bridgehead atoms. The summed E-state index contributed by atoms with van der Waals surface area (Å²) in [6, 6.07) is 0.548. The Bertz CT molecular complexity index is 395. The van der Waals surface area contributed by atoms with Gasteiger partial charge in [0.2, 0.25) is 10.0 Å². The van der Waals surface area contributed by atoms with Crippen LogP contribution in [0.15, 0.2) is 0 Å². The van der Waals surface area contributed by atoms with Crippen molar-refractivity contribution in [3.63, 3.8) is 0 Å². The van der Waals surface area contributed by atoms with Crippen LogP contribution >= 0.6 is 0 Å². The zero-order valence-electron chi connectivity index (χ0n) is 12.9. The van der Waals surface area contributed by atoms with E-state index in [-0.39, 0.29) is 5.25 Å². The first-order valence-electron chi connectivity index (χ1n) is 7.71. The molecule has 0 aliphatic carbocycles. The average Bonchev–Trinajstić information content (AvgIpc) is 2.47. The van der Waals surface area contributed by atoms with E-state index in [1.54, 1.807) is 25.3 Å². The third-order valence-electron chi connectivity index (χ3n) is 4.71. The van der Waals surface area contributed by atoms with E-state index in [0.717, 1.165) is 38.8 Å². The van der Waals surface area contributed by atoms with E-state index in [0.29, 0.717) is 25.2 Å². The minimum absolute atomic E-state index is 0.309. The van der Waals surface area contributed by atoms with Gasteiger partial charge in [0.1, 0.15) is 0 Å². The Morgan fingerprint density at radius 1 is 1.00 bits per heavy atom. The minimum atomic E-state index is -3.07. The molecule has 0 atom stereocenters. The Kier molecular flexibility index (Phi) is 5.45. The molecule has 118 valence electrons. The van der Waals surface area contributed by atoms with Crippen molar-refractivity contribution in [3.8, 4) is 0 Å². The molecule has 0 N–H and O–H groups in total.